The Morgan fingerprint density at radius 3 is 2.35 bits per heavy atom. The van der Waals surface area contributed by atoms with Crippen LogP contribution in [0.5, 0.6) is 0 Å². The van der Waals surface area contributed by atoms with Crippen LogP contribution in [0.3, 0.4) is 0 Å². The van der Waals surface area contributed by atoms with Gasteiger partial charge in [0.1, 0.15) is 0 Å². The molecule has 1 aromatic rings. The number of rotatable bonds is 3. The number of hydrogen-bond donors (Lipinski definition) is 1. The van der Waals surface area contributed by atoms with Gasteiger partial charge in [0.25, 0.3) is 0 Å². The van der Waals surface area contributed by atoms with E-state index >= 15 is 0 Å². The van der Waals surface area contributed by atoms with Gasteiger partial charge in [0.15, 0.2) is 0 Å². The van der Waals surface area contributed by atoms with Crippen molar-refractivity contribution in [2.24, 2.45) is 11.8 Å². The van der Waals surface area contributed by atoms with Crippen LogP contribution in [0.2, 0.25) is 0 Å². The van der Waals surface area contributed by atoms with Gasteiger partial charge in [-0.1, -0.05) is 13.8 Å². The van der Waals surface area contributed by atoms with Gasteiger partial charge < -0.3 is 5.73 Å². The molecule has 1 saturated heterocycles. The quantitative estimate of drug-likeness (QED) is 0.872. The van der Waals surface area contributed by atoms with Gasteiger partial charge in [0.05, 0.1) is 4.90 Å². The number of nitrogen functional groups attached to an aromatic ring is 1. The number of aryl methyl sites for hydroxylation is 1. The molecule has 1 fully saturated rings. The number of sulfonamides is 1. The van der Waals surface area contributed by atoms with Crippen molar-refractivity contribution >= 4 is 15.7 Å². The van der Waals surface area contributed by atoms with Crippen molar-refractivity contribution in [1.29, 1.82) is 0 Å². The third-order valence-corrected chi connectivity index (χ3v) is 6.22. The topological polar surface area (TPSA) is 63.4 Å². The lowest BCUT2D eigenvalue weighted by atomic mass is 9.87. The van der Waals surface area contributed by atoms with E-state index in [4.69, 9.17) is 5.73 Å². The molecule has 2 N–H and O–H groups in total. The fourth-order valence-electron chi connectivity index (χ4n) is 2.74. The normalized spacial score (nSPS) is 18.6. The van der Waals surface area contributed by atoms with E-state index < -0.39 is 10.0 Å². The molecule has 4 nitrogen and oxygen atoms in total. The van der Waals surface area contributed by atoms with E-state index in [0.29, 0.717) is 35.5 Å². The van der Waals surface area contributed by atoms with Crippen molar-refractivity contribution in [2.75, 3.05) is 18.8 Å². The zero-order chi connectivity index (χ0) is 14.9. The van der Waals surface area contributed by atoms with Crippen molar-refractivity contribution in [2.45, 2.75) is 38.5 Å². The number of piperidine rings is 1. The smallest absolute Gasteiger partial charge is 0.243 e. The van der Waals surface area contributed by atoms with Crippen molar-refractivity contribution in [1.82, 2.24) is 4.31 Å². The van der Waals surface area contributed by atoms with E-state index in [0.717, 1.165) is 18.4 Å². The zero-order valence-electron chi connectivity index (χ0n) is 12.5. The minimum Gasteiger partial charge on any atom is -0.399 e. The van der Waals surface area contributed by atoms with Gasteiger partial charge in [0, 0.05) is 18.8 Å². The highest BCUT2D eigenvalue weighted by atomic mass is 32.2. The third-order valence-electron chi connectivity index (χ3n) is 4.32. The van der Waals surface area contributed by atoms with Crippen molar-refractivity contribution in [3.63, 3.8) is 0 Å². The molecule has 0 spiro atoms. The van der Waals surface area contributed by atoms with Crippen LogP contribution >= 0.6 is 0 Å². The molecule has 5 heteroatoms. The van der Waals surface area contributed by atoms with E-state index in [2.05, 4.69) is 13.8 Å². The monoisotopic (exact) mass is 296 g/mol. The predicted molar refractivity (Wildman–Crippen MR) is 81.9 cm³/mol. The molecule has 0 amide bonds. The van der Waals surface area contributed by atoms with Crippen LogP contribution in [0.25, 0.3) is 0 Å². The summed E-state index contributed by atoms with van der Waals surface area (Å²) in [5.74, 6) is 1.26. The molecule has 0 aliphatic carbocycles. The first-order chi connectivity index (χ1) is 9.32. The third kappa shape index (κ3) is 2.99. The van der Waals surface area contributed by atoms with Crippen LogP contribution in [0.1, 0.15) is 32.3 Å². The van der Waals surface area contributed by atoms with Crippen LogP contribution in [0.15, 0.2) is 23.1 Å². The molecule has 0 unspecified atom stereocenters. The summed E-state index contributed by atoms with van der Waals surface area (Å²) in [5.41, 5.74) is 7.19. The van der Waals surface area contributed by atoms with Gasteiger partial charge in [-0.15, -0.1) is 0 Å². The molecular weight excluding hydrogens is 272 g/mol. The Labute approximate surface area is 122 Å². The summed E-state index contributed by atoms with van der Waals surface area (Å²) in [6, 6.07) is 4.94. The van der Waals surface area contributed by atoms with Gasteiger partial charge >= 0.3 is 0 Å². The van der Waals surface area contributed by atoms with E-state index in [1.54, 1.807) is 22.5 Å². The van der Waals surface area contributed by atoms with Crippen LogP contribution in [0, 0.1) is 18.8 Å². The maximum Gasteiger partial charge on any atom is 0.243 e. The Kier molecular flexibility index (Phi) is 4.39. The minimum atomic E-state index is -3.37. The molecule has 112 valence electrons. The van der Waals surface area contributed by atoms with Crippen LogP contribution in [-0.2, 0) is 10.0 Å². The summed E-state index contributed by atoms with van der Waals surface area (Å²) in [6.07, 6.45) is 1.90. The lowest BCUT2D eigenvalue weighted by molar-refractivity contribution is 0.226. The molecule has 1 heterocycles. The van der Waals surface area contributed by atoms with Crippen molar-refractivity contribution in [3.8, 4) is 0 Å². The second kappa shape index (κ2) is 5.74. The lowest BCUT2D eigenvalue weighted by Gasteiger charge is -2.33. The average Bonchev–Trinajstić information content (AvgIpc) is 2.41. The minimum absolute atomic E-state index is 0.354. The summed E-state index contributed by atoms with van der Waals surface area (Å²) in [6.45, 7) is 7.48. The van der Waals surface area contributed by atoms with E-state index in [9.17, 15) is 8.42 Å². The number of nitrogens with two attached hydrogens (primary N) is 1. The average molecular weight is 296 g/mol. The number of nitrogens with zero attached hydrogens (tertiary/aromatic N) is 1. The standard InChI is InChI=1S/C15H24N2O2S/c1-11(2)13-6-8-17(9-7-13)20(18,19)14-4-5-15(16)12(3)10-14/h4-5,10-11,13H,6-9,16H2,1-3H3. The molecule has 1 aliphatic rings. The van der Waals surface area contributed by atoms with Crippen LogP contribution in [-0.4, -0.2) is 25.8 Å². The molecule has 0 saturated carbocycles. The summed E-state index contributed by atoms with van der Waals surface area (Å²) in [5, 5.41) is 0. The lowest BCUT2D eigenvalue weighted by Crippen LogP contribution is -2.39. The van der Waals surface area contributed by atoms with Crippen LogP contribution in [0.4, 0.5) is 5.69 Å². The fourth-order valence-corrected chi connectivity index (χ4v) is 4.30. The first-order valence-corrected chi connectivity index (χ1v) is 8.62. The van der Waals surface area contributed by atoms with E-state index in [1.807, 2.05) is 6.92 Å². The van der Waals surface area contributed by atoms with Gasteiger partial charge in [-0.25, -0.2) is 8.42 Å². The SMILES string of the molecule is Cc1cc(S(=O)(=O)N2CCC(C(C)C)CC2)ccc1N. The van der Waals surface area contributed by atoms with Crippen molar-refractivity contribution in [3.05, 3.63) is 23.8 Å². The van der Waals surface area contributed by atoms with Gasteiger partial charge in [-0.2, -0.15) is 4.31 Å². The summed E-state index contributed by atoms with van der Waals surface area (Å²) in [4.78, 5) is 0.354. The zero-order valence-corrected chi connectivity index (χ0v) is 13.3. The summed E-state index contributed by atoms with van der Waals surface area (Å²) >= 11 is 0. The highest BCUT2D eigenvalue weighted by Crippen LogP contribution is 2.28. The molecule has 1 aliphatic heterocycles. The predicted octanol–water partition coefficient (Wildman–Crippen LogP) is 2.63. The number of anilines is 1. The summed E-state index contributed by atoms with van der Waals surface area (Å²) in [7, 11) is -3.37. The second-order valence-corrected chi connectivity index (χ2v) is 7.94. The highest BCUT2D eigenvalue weighted by molar-refractivity contribution is 7.89. The number of benzene rings is 1. The molecule has 0 aromatic heterocycles. The van der Waals surface area contributed by atoms with E-state index in [1.165, 1.54) is 0 Å². The first-order valence-electron chi connectivity index (χ1n) is 7.18. The van der Waals surface area contributed by atoms with Gasteiger partial charge in [0.2, 0.25) is 10.0 Å². The Hall–Kier alpha value is -1.07. The Morgan fingerprint density at radius 1 is 1.25 bits per heavy atom. The fraction of sp³-hybridized carbons (Fsp3) is 0.600. The molecule has 0 bridgehead atoms. The first kappa shape index (κ1) is 15.3. The Bertz CT molecular complexity index is 574. The molecule has 0 atom stereocenters. The van der Waals surface area contributed by atoms with Crippen molar-refractivity contribution < 1.29 is 8.42 Å². The largest absolute Gasteiger partial charge is 0.399 e. The van der Waals surface area contributed by atoms with E-state index in [-0.39, 0.29) is 0 Å². The summed E-state index contributed by atoms with van der Waals surface area (Å²) < 4.78 is 26.8. The molecule has 20 heavy (non-hydrogen) atoms. The Balaban J connectivity index is 2.17. The Morgan fingerprint density at radius 2 is 1.85 bits per heavy atom. The van der Waals surface area contributed by atoms with Gasteiger partial charge in [-0.3, -0.25) is 0 Å². The maximum absolute atomic E-state index is 12.6. The van der Waals surface area contributed by atoms with Crippen LogP contribution < -0.4 is 5.73 Å². The highest BCUT2D eigenvalue weighted by Gasteiger charge is 2.30. The second-order valence-electron chi connectivity index (χ2n) is 6.00. The molecule has 1 aromatic carbocycles. The molecular formula is C15H24N2O2S. The van der Waals surface area contributed by atoms with Gasteiger partial charge in [-0.05, 0) is 55.4 Å². The molecule has 0 radical (unpaired) electrons. The molecule has 2 rings (SSSR count). The number of hydrogen-bond acceptors (Lipinski definition) is 3. The maximum atomic E-state index is 12.6.